The average Bonchev–Trinajstić information content (AvgIpc) is 2.37. The zero-order valence-corrected chi connectivity index (χ0v) is 13.3. The molecule has 1 aromatic rings. The first-order chi connectivity index (χ1) is 9.94. The van der Waals surface area contributed by atoms with Crippen LogP contribution in [-0.4, -0.2) is 24.2 Å². The van der Waals surface area contributed by atoms with Gasteiger partial charge in [0.15, 0.2) is 0 Å². The van der Waals surface area contributed by atoms with Crippen LogP contribution in [0.15, 0.2) is 34.3 Å². The van der Waals surface area contributed by atoms with E-state index < -0.39 is 5.66 Å². The summed E-state index contributed by atoms with van der Waals surface area (Å²) in [5, 5.41) is 8.53. The zero-order chi connectivity index (χ0) is 15.5. The number of nitrogens with two attached hydrogens (primary N) is 2. The molecule has 0 saturated carbocycles. The topological polar surface area (TPSA) is 113 Å². The molecule has 0 saturated heterocycles. The molecule has 0 aromatic heterocycles. The molecule has 1 heterocycles. The lowest BCUT2D eigenvalue weighted by molar-refractivity contribution is 0.326. The van der Waals surface area contributed by atoms with E-state index in [0.29, 0.717) is 18.8 Å². The van der Waals surface area contributed by atoms with Crippen molar-refractivity contribution in [2.75, 3.05) is 11.5 Å². The van der Waals surface area contributed by atoms with Gasteiger partial charge in [-0.2, -0.15) is 10.3 Å². The molecule has 1 aliphatic rings. The number of nitrogens with zero attached hydrogens (tertiary/aromatic N) is 4. The number of guanidine groups is 2. The third-order valence-corrected chi connectivity index (χ3v) is 2.95. The van der Waals surface area contributed by atoms with Crippen LogP contribution in [0.1, 0.15) is 20.3 Å². The number of rotatable bonds is 4. The summed E-state index contributed by atoms with van der Waals surface area (Å²) >= 11 is 0. The molecule has 7 nitrogen and oxygen atoms in total. The zero-order valence-electron chi connectivity index (χ0n) is 12.5. The van der Waals surface area contributed by atoms with Crippen LogP contribution in [0.2, 0.25) is 0 Å². The van der Waals surface area contributed by atoms with Gasteiger partial charge in [0, 0.05) is 11.8 Å². The molecule has 4 N–H and O–H groups in total. The van der Waals surface area contributed by atoms with Crippen LogP contribution in [0.25, 0.3) is 0 Å². The van der Waals surface area contributed by atoms with Gasteiger partial charge in [-0.1, -0.05) is 6.07 Å². The largest absolute Gasteiger partial charge is 0.492 e. The average molecular weight is 323 g/mol. The Bertz CT molecular complexity index is 634. The lowest BCUT2D eigenvalue weighted by atomic mass is 10.1. The molecule has 0 spiro atoms. The van der Waals surface area contributed by atoms with E-state index in [0.717, 1.165) is 5.69 Å². The first kappa shape index (κ1) is 17.6. The fourth-order valence-corrected chi connectivity index (χ4v) is 2.18. The van der Waals surface area contributed by atoms with E-state index in [9.17, 15) is 0 Å². The molecule has 1 aliphatic heterocycles. The highest BCUT2D eigenvalue weighted by molar-refractivity contribution is 6.05. The van der Waals surface area contributed by atoms with Gasteiger partial charge in [0.25, 0.3) is 0 Å². The lowest BCUT2D eigenvalue weighted by Gasteiger charge is -2.38. The van der Waals surface area contributed by atoms with Crippen molar-refractivity contribution in [1.29, 1.82) is 5.26 Å². The molecule has 0 aliphatic carbocycles. The fourth-order valence-electron chi connectivity index (χ4n) is 2.18. The minimum absolute atomic E-state index is 0. The summed E-state index contributed by atoms with van der Waals surface area (Å²) in [5.41, 5.74) is 11.8. The Morgan fingerprint density at radius 2 is 2.09 bits per heavy atom. The number of halogens is 1. The van der Waals surface area contributed by atoms with Gasteiger partial charge in [0.1, 0.15) is 18.0 Å². The Morgan fingerprint density at radius 3 is 2.73 bits per heavy atom. The Hall–Kier alpha value is -2.46. The fraction of sp³-hybridized carbons (Fsp3) is 0.357. The molecule has 0 fully saturated rings. The number of hydrogen-bond acceptors (Lipinski definition) is 7. The molecule has 22 heavy (non-hydrogen) atoms. The van der Waals surface area contributed by atoms with Crippen molar-refractivity contribution in [2.24, 2.45) is 21.5 Å². The number of hydrogen-bond donors (Lipinski definition) is 2. The molecule has 0 amide bonds. The van der Waals surface area contributed by atoms with Crippen LogP contribution in [-0.2, 0) is 0 Å². The third-order valence-electron chi connectivity index (χ3n) is 2.95. The number of nitriles is 1. The summed E-state index contributed by atoms with van der Waals surface area (Å²) < 4.78 is 5.51. The Morgan fingerprint density at radius 1 is 1.36 bits per heavy atom. The number of anilines is 1. The summed E-state index contributed by atoms with van der Waals surface area (Å²) in [6.07, 6.45) is 0.337. The van der Waals surface area contributed by atoms with Crippen molar-refractivity contribution in [2.45, 2.75) is 25.9 Å². The first-order valence-electron chi connectivity index (χ1n) is 6.53. The van der Waals surface area contributed by atoms with Gasteiger partial charge in [-0.3, -0.25) is 4.90 Å². The second-order valence-corrected chi connectivity index (χ2v) is 5.02. The van der Waals surface area contributed by atoms with Crippen LogP contribution >= 0.6 is 12.4 Å². The standard InChI is InChI=1S/C14H18N6O.ClH/c1-14(2)19-12(16)18-13(17)20(14)10-5-3-6-11(9-10)21-8-4-7-15;/h3,5-6,9H,4,8H2,1-2H3,(H4,16,17,18,19);1H. The van der Waals surface area contributed by atoms with E-state index in [2.05, 4.69) is 9.98 Å². The van der Waals surface area contributed by atoms with Crippen LogP contribution in [0.5, 0.6) is 5.75 Å². The Balaban J connectivity index is 0.00000242. The van der Waals surface area contributed by atoms with E-state index in [-0.39, 0.29) is 24.3 Å². The molecule has 0 unspecified atom stereocenters. The van der Waals surface area contributed by atoms with E-state index in [1.165, 1.54) is 0 Å². The summed E-state index contributed by atoms with van der Waals surface area (Å²) in [7, 11) is 0. The van der Waals surface area contributed by atoms with Crippen molar-refractivity contribution in [3.8, 4) is 11.8 Å². The predicted octanol–water partition coefficient (Wildman–Crippen LogP) is 1.59. The maximum Gasteiger partial charge on any atom is 0.220 e. The lowest BCUT2D eigenvalue weighted by Crippen LogP contribution is -2.54. The maximum absolute atomic E-state index is 8.53. The summed E-state index contributed by atoms with van der Waals surface area (Å²) in [5.74, 6) is 1.10. The summed E-state index contributed by atoms with van der Waals surface area (Å²) in [6.45, 7) is 4.13. The molecule has 0 atom stereocenters. The first-order valence-corrected chi connectivity index (χ1v) is 6.53. The molecule has 8 heteroatoms. The SMILES string of the molecule is CC1(C)N=C(N)N=C(N)N1c1cccc(OCCC#N)c1.Cl. The van der Waals surface area contributed by atoms with Crippen molar-refractivity contribution in [3.05, 3.63) is 24.3 Å². The molecule has 118 valence electrons. The monoisotopic (exact) mass is 322 g/mol. The molecular formula is C14H19ClN6O. The van der Waals surface area contributed by atoms with Gasteiger partial charge < -0.3 is 16.2 Å². The predicted molar refractivity (Wildman–Crippen MR) is 89.2 cm³/mol. The van der Waals surface area contributed by atoms with Crippen molar-refractivity contribution >= 4 is 30.0 Å². The minimum atomic E-state index is -0.638. The highest BCUT2D eigenvalue weighted by Gasteiger charge is 2.33. The smallest absolute Gasteiger partial charge is 0.220 e. The van der Waals surface area contributed by atoms with E-state index >= 15 is 0 Å². The van der Waals surface area contributed by atoms with Gasteiger partial charge in [-0.25, -0.2) is 4.99 Å². The summed E-state index contributed by atoms with van der Waals surface area (Å²) in [6, 6.07) is 9.43. The highest BCUT2D eigenvalue weighted by atomic mass is 35.5. The van der Waals surface area contributed by atoms with Gasteiger partial charge in [-0.15, -0.1) is 12.4 Å². The Labute approximate surface area is 135 Å². The highest BCUT2D eigenvalue weighted by Crippen LogP contribution is 2.29. The molecular weight excluding hydrogens is 304 g/mol. The van der Waals surface area contributed by atoms with E-state index in [1.807, 2.05) is 44.2 Å². The second kappa shape index (κ2) is 7.00. The minimum Gasteiger partial charge on any atom is -0.492 e. The van der Waals surface area contributed by atoms with Gasteiger partial charge in [-0.05, 0) is 26.0 Å². The second-order valence-electron chi connectivity index (χ2n) is 5.02. The van der Waals surface area contributed by atoms with E-state index in [4.69, 9.17) is 21.5 Å². The number of benzene rings is 1. The third kappa shape index (κ3) is 3.80. The van der Waals surface area contributed by atoms with Crippen LogP contribution in [0, 0.1) is 11.3 Å². The molecule has 0 radical (unpaired) electrons. The quantitative estimate of drug-likeness (QED) is 0.817. The van der Waals surface area contributed by atoms with E-state index in [1.54, 1.807) is 4.90 Å². The Kier molecular flexibility index (Phi) is 5.60. The summed E-state index contributed by atoms with van der Waals surface area (Å²) in [4.78, 5) is 10.1. The van der Waals surface area contributed by atoms with Crippen molar-refractivity contribution in [1.82, 2.24) is 0 Å². The van der Waals surface area contributed by atoms with Crippen LogP contribution < -0.4 is 21.1 Å². The van der Waals surface area contributed by atoms with Gasteiger partial charge in [0.2, 0.25) is 11.9 Å². The van der Waals surface area contributed by atoms with Gasteiger partial charge >= 0.3 is 0 Å². The molecule has 2 rings (SSSR count). The van der Waals surface area contributed by atoms with Crippen LogP contribution in [0.4, 0.5) is 5.69 Å². The van der Waals surface area contributed by atoms with Crippen molar-refractivity contribution in [3.63, 3.8) is 0 Å². The maximum atomic E-state index is 8.53. The molecule has 1 aromatic carbocycles. The number of ether oxygens (including phenoxy) is 1. The van der Waals surface area contributed by atoms with Gasteiger partial charge in [0.05, 0.1) is 12.5 Å². The molecule has 0 bridgehead atoms. The van der Waals surface area contributed by atoms with Crippen molar-refractivity contribution < 1.29 is 4.74 Å². The van der Waals surface area contributed by atoms with Crippen LogP contribution in [0.3, 0.4) is 0 Å². The normalized spacial score (nSPS) is 16.0. The number of aliphatic imine (C=N–C) groups is 2.